The van der Waals surface area contributed by atoms with Crippen LogP contribution < -0.4 is 5.32 Å². The van der Waals surface area contributed by atoms with Gasteiger partial charge in [0, 0.05) is 32.5 Å². The first-order valence-corrected chi connectivity index (χ1v) is 9.70. The Morgan fingerprint density at radius 3 is 3.04 bits per heavy atom. The standard InChI is InChI=1S/C19H20ClN3OS/c1-10-18(21-11(2)25-10)9-19(24)22-13-4-6-17-15(8-13)14-7-12(20)3-5-16(14)23-17/h3,5,7,13,23H,4,6,8-9H2,1-2H3,(H,22,24)/t13-/m1/s1. The molecule has 0 unspecified atom stereocenters. The van der Waals surface area contributed by atoms with Crippen molar-refractivity contribution in [1.29, 1.82) is 0 Å². The molecule has 2 aromatic heterocycles. The van der Waals surface area contributed by atoms with Gasteiger partial charge in [0.15, 0.2) is 0 Å². The zero-order chi connectivity index (χ0) is 17.6. The second kappa shape index (κ2) is 6.46. The molecule has 4 rings (SSSR count). The van der Waals surface area contributed by atoms with Crippen LogP contribution in [0.15, 0.2) is 18.2 Å². The smallest absolute Gasteiger partial charge is 0.226 e. The molecule has 0 aliphatic heterocycles. The van der Waals surface area contributed by atoms with E-state index in [0.29, 0.717) is 6.42 Å². The summed E-state index contributed by atoms with van der Waals surface area (Å²) in [6.07, 6.45) is 3.10. The summed E-state index contributed by atoms with van der Waals surface area (Å²) in [7, 11) is 0. The van der Waals surface area contributed by atoms with E-state index in [1.807, 2.05) is 32.0 Å². The van der Waals surface area contributed by atoms with Crippen LogP contribution in [0.2, 0.25) is 5.02 Å². The van der Waals surface area contributed by atoms with Crippen molar-refractivity contribution in [2.75, 3.05) is 0 Å². The first kappa shape index (κ1) is 16.6. The summed E-state index contributed by atoms with van der Waals surface area (Å²) in [6, 6.07) is 6.11. The number of H-pyrrole nitrogens is 1. The van der Waals surface area contributed by atoms with Crippen LogP contribution >= 0.6 is 22.9 Å². The predicted molar refractivity (Wildman–Crippen MR) is 103 cm³/mol. The zero-order valence-electron chi connectivity index (χ0n) is 14.3. The highest BCUT2D eigenvalue weighted by molar-refractivity contribution is 7.11. The fourth-order valence-corrected chi connectivity index (χ4v) is 4.69. The SMILES string of the molecule is Cc1nc(CC(=O)N[C@@H]2CCc3[nH]c4ccc(Cl)cc4c3C2)c(C)s1. The van der Waals surface area contributed by atoms with Crippen LogP contribution in [0.25, 0.3) is 10.9 Å². The lowest BCUT2D eigenvalue weighted by Gasteiger charge is -2.23. The molecular formula is C19H20ClN3OS. The Morgan fingerprint density at radius 2 is 2.28 bits per heavy atom. The molecule has 2 heterocycles. The highest BCUT2D eigenvalue weighted by Crippen LogP contribution is 2.31. The minimum atomic E-state index is 0.0553. The van der Waals surface area contributed by atoms with E-state index in [9.17, 15) is 4.79 Å². The Kier molecular flexibility index (Phi) is 4.29. The topological polar surface area (TPSA) is 57.8 Å². The van der Waals surface area contributed by atoms with Crippen LogP contribution in [0.5, 0.6) is 0 Å². The van der Waals surface area contributed by atoms with Crippen LogP contribution in [0.3, 0.4) is 0 Å². The molecular weight excluding hydrogens is 354 g/mol. The quantitative estimate of drug-likeness (QED) is 0.725. The Morgan fingerprint density at radius 1 is 1.44 bits per heavy atom. The second-order valence-electron chi connectivity index (χ2n) is 6.69. The number of aromatic nitrogens is 2. The maximum absolute atomic E-state index is 12.4. The van der Waals surface area contributed by atoms with Crippen molar-refractivity contribution in [3.8, 4) is 0 Å². The van der Waals surface area contributed by atoms with E-state index in [-0.39, 0.29) is 11.9 Å². The van der Waals surface area contributed by atoms with Crippen LogP contribution in [-0.4, -0.2) is 21.9 Å². The molecule has 1 aliphatic rings. The van der Waals surface area contributed by atoms with Gasteiger partial charge in [0.25, 0.3) is 0 Å². The van der Waals surface area contributed by atoms with Crippen molar-refractivity contribution in [3.05, 3.63) is 50.1 Å². The molecule has 2 N–H and O–H groups in total. The summed E-state index contributed by atoms with van der Waals surface area (Å²) < 4.78 is 0. The number of thiazole rings is 1. The summed E-state index contributed by atoms with van der Waals surface area (Å²) in [5.41, 5.74) is 4.58. The third kappa shape index (κ3) is 3.31. The molecule has 0 bridgehead atoms. The van der Waals surface area contributed by atoms with E-state index in [1.54, 1.807) is 11.3 Å². The molecule has 130 valence electrons. The van der Waals surface area contributed by atoms with E-state index in [1.165, 1.54) is 16.6 Å². The number of aromatic amines is 1. The maximum atomic E-state index is 12.4. The largest absolute Gasteiger partial charge is 0.358 e. The number of carbonyl (C=O) groups excluding carboxylic acids is 1. The third-order valence-corrected chi connectivity index (χ3v) is 6.01. The molecule has 0 radical (unpaired) electrons. The number of rotatable bonds is 3. The number of nitrogens with one attached hydrogen (secondary N) is 2. The van der Waals surface area contributed by atoms with E-state index in [2.05, 4.69) is 15.3 Å². The van der Waals surface area contributed by atoms with Crippen LogP contribution in [-0.2, 0) is 24.1 Å². The Bertz CT molecular complexity index is 959. The van der Waals surface area contributed by atoms with Gasteiger partial charge in [-0.2, -0.15) is 0 Å². The second-order valence-corrected chi connectivity index (χ2v) is 8.54. The van der Waals surface area contributed by atoms with Gasteiger partial charge in [-0.3, -0.25) is 4.79 Å². The van der Waals surface area contributed by atoms with Crippen LogP contribution in [0, 0.1) is 13.8 Å². The zero-order valence-corrected chi connectivity index (χ0v) is 15.9. The number of halogens is 1. The summed E-state index contributed by atoms with van der Waals surface area (Å²) in [5.74, 6) is 0.0553. The normalized spacial score (nSPS) is 16.8. The fraction of sp³-hybridized carbons (Fsp3) is 0.368. The number of nitrogens with zero attached hydrogens (tertiary/aromatic N) is 1. The molecule has 25 heavy (non-hydrogen) atoms. The highest BCUT2D eigenvalue weighted by Gasteiger charge is 2.24. The number of fused-ring (bicyclic) bond motifs is 3. The van der Waals surface area contributed by atoms with Crippen LogP contribution in [0.4, 0.5) is 0 Å². The Hall–Kier alpha value is -1.85. The fourth-order valence-electron chi connectivity index (χ4n) is 3.68. The summed E-state index contributed by atoms with van der Waals surface area (Å²) in [6.45, 7) is 4.00. The molecule has 0 saturated carbocycles. The third-order valence-electron chi connectivity index (χ3n) is 4.84. The lowest BCUT2D eigenvalue weighted by molar-refractivity contribution is -0.121. The number of hydrogen-bond donors (Lipinski definition) is 2. The lowest BCUT2D eigenvalue weighted by Crippen LogP contribution is -2.39. The van der Waals surface area contributed by atoms with Gasteiger partial charge in [-0.15, -0.1) is 11.3 Å². The number of benzene rings is 1. The van der Waals surface area contributed by atoms with Gasteiger partial charge in [-0.1, -0.05) is 11.6 Å². The molecule has 4 nitrogen and oxygen atoms in total. The van der Waals surface area contributed by atoms with Gasteiger partial charge in [0.2, 0.25) is 5.91 Å². The van der Waals surface area contributed by atoms with E-state index < -0.39 is 0 Å². The average molecular weight is 374 g/mol. The van der Waals surface area contributed by atoms with Gasteiger partial charge in [0.05, 0.1) is 17.1 Å². The monoisotopic (exact) mass is 373 g/mol. The number of hydrogen-bond acceptors (Lipinski definition) is 3. The van der Waals surface area contributed by atoms with E-state index >= 15 is 0 Å². The van der Waals surface area contributed by atoms with Crippen molar-refractivity contribution >= 4 is 39.7 Å². The number of aryl methyl sites for hydroxylation is 3. The van der Waals surface area contributed by atoms with Gasteiger partial charge in [-0.25, -0.2) is 4.98 Å². The van der Waals surface area contributed by atoms with E-state index in [0.717, 1.165) is 45.4 Å². The van der Waals surface area contributed by atoms with Crippen molar-refractivity contribution in [2.45, 2.75) is 45.6 Å². The van der Waals surface area contributed by atoms with Gasteiger partial charge in [0.1, 0.15) is 0 Å². The molecule has 1 amide bonds. The predicted octanol–water partition coefficient (Wildman–Crippen LogP) is 4.11. The minimum absolute atomic E-state index is 0.0553. The van der Waals surface area contributed by atoms with E-state index in [4.69, 9.17) is 11.6 Å². The maximum Gasteiger partial charge on any atom is 0.226 e. The van der Waals surface area contributed by atoms with Crippen molar-refractivity contribution in [3.63, 3.8) is 0 Å². The highest BCUT2D eigenvalue weighted by atomic mass is 35.5. The van der Waals surface area contributed by atoms with Crippen molar-refractivity contribution < 1.29 is 4.79 Å². The molecule has 1 aliphatic carbocycles. The number of amides is 1. The minimum Gasteiger partial charge on any atom is -0.358 e. The summed E-state index contributed by atoms with van der Waals surface area (Å²) in [4.78, 5) is 21.5. The van der Waals surface area contributed by atoms with Crippen molar-refractivity contribution in [1.82, 2.24) is 15.3 Å². The van der Waals surface area contributed by atoms with Gasteiger partial charge >= 0.3 is 0 Å². The number of carbonyl (C=O) groups is 1. The molecule has 0 spiro atoms. The molecule has 0 fully saturated rings. The molecule has 0 saturated heterocycles. The molecule has 1 atom stereocenters. The van der Waals surface area contributed by atoms with Crippen molar-refractivity contribution in [2.24, 2.45) is 0 Å². The first-order chi connectivity index (χ1) is 12.0. The lowest BCUT2D eigenvalue weighted by atomic mass is 9.91. The summed E-state index contributed by atoms with van der Waals surface area (Å²) in [5, 5.41) is 6.12. The van der Waals surface area contributed by atoms with Crippen LogP contribution in [0.1, 0.15) is 33.3 Å². The van der Waals surface area contributed by atoms with Gasteiger partial charge in [-0.05, 0) is 56.9 Å². The molecule has 1 aromatic carbocycles. The molecule has 3 aromatic rings. The Balaban J connectivity index is 1.48. The average Bonchev–Trinajstić information content (AvgIpc) is 3.06. The Labute approximate surface area is 155 Å². The van der Waals surface area contributed by atoms with Gasteiger partial charge < -0.3 is 10.3 Å². The summed E-state index contributed by atoms with van der Waals surface area (Å²) >= 11 is 7.80. The first-order valence-electron chi connectivity index (χ1n) is 8.51. The molecule has 6 heteroatoms.